The molecule has 0 aromatic heterocycles. The maximum absolute atomic E-state index is 5.82. The molecule has 1 aliphatic carbocycles. The summed E-state index contributed by atoms with van der Waals surface area (Å²) in [6.07, 6.45) is 8.78. The van der Waals surface area contributed by atoms with Crippen LogP contribution in [0.3, 0.4) is 0 Å². The fraction of sp³-hybridized carbons (Fsp3) is 1.00. The molecule has 0 radical (unpaired) electrons. The number of hydrogen-bond donors (Lipinski definition) is 1. The molecule has 1 saturated carbocycles. The van der Waals surface area contributed by atoms with E-state index in [0.717, 1.165) is 25.0 Å². The van der Waals surface area contributed by atoms with E-state index in [2.05, 4.69) is 33.0 Å². The Labute approximate surface area is 114 Å². The van der Waals surface area contributed by atoms with Gasteiger partial charge in [-0.3, -0.25) is 0 Å². The summed E-state index contributed by atoms with van der Waals surface area (Å²) in [5, 5.41) is 3.63. The molecule has 0 aliphatic heterocycles. The molecule has 1 fully saturated rings. The van der Waals surface area contributed by atoms with Crippen molar-refractivity contribution in [2.75, 3.05) is 13.2 Å². The summed E-state index contributed by atoms with van der Waals surface area (Å²) in [6, 6.07) is 0.569. The maximum atomic E-state index is 5.82. The van der Waals surface area contributed by atoms with Crippen LogP contribution in [0.5, 0.6) is 0 Å². The molecule has 1 aliphatic rings. The van der Waals surface area contributed by atoms with Crippen LogP contribution in [0.1, 0.15) is 66.2 Å². The summed E-state index contributed by atoms with van der Waals surface area (Å²) >= 11 is 0. The quantitative estimate of drug-likeness (QED) is 0.708. The molecule has 0 aromatic carbocycles. The van der Waals surface area contributed by atoms with Crippen LogP contribution in [0.4, 0.5) is 0 Å². The Morgan fingerprint density at radius 1 is 1.11 bits per heavy atom. The summed E-state index contributed by atoms with van der Waals surface area (Å²) in [5.41, 5.74) is 0. The van der Waals surface area contributed by atoms with Gasteiger partial charge in [-0.2, -0.15) is 0 Å². The van der Waals surface area contributed by atoms with Crippen LogP contribution in [0.15, 0.2) is 0 Å². The minimum absolute atomic E-state index is 0.350. The zero-order valence-corrected chi connectivity index (χ0v) is 12.9. The van der Waals surface area contributed by atoms with Crippen molar-refractivity contribution in [1.82, 2.24) is 5.32 Å². The van der Waals surface area contributed by atoms with Crippen LogP contribution in [-0.2, 0) is 4.74 Å². The van der Waals surface area contributed by atoms with E-state index in [4.69, 9.17) is 4.74 Å². The second-order valence-corrected chi connectivity index (χ2v) is 6.12. The number of likely N-dealkylation sites (N-methyl/N-ethyl adjacent to an activating group) is 1. The van der Waals surface area contributed by atoms with Crippen LogP contribution in [-0.4, -0.2) is 25.3 Å². The fourth-order valence-corrected chi connectivity index (χ4v) is 3.21. The average molecular weight is 255 g/mol. The van der Waals surface area contributed by atoms with Crippen molar-refractivity contribution < 1.29 is 4.74 Å². The molecule has 0 heterocycles. The van der Waals surface area contributed by atoms with E-state index < -0.39 is 0 Å². The van der Waals surface area contributed by atoms with Crippen molar-refractivity contribution in [1.29, 1.82) is 0 Å². The van der Waals surface area contributed by atoms with Crippen LogP contribution < -0.4 is 5.32 Å². The Balaban J connectivity index is 2.34. The van der Waals surface area contributed by atoms with E-state index in [1.165, 1.54) is 38.5 Å². The molecule has 2 heteroatoms. The predicted molar refractivity (Wildman–Crippen MR) is 78.9 cm³/mol. The Morgan fingerprint density at radius 3 is 2.28 bits per heavy atom. The molecule has 0 saturated heterocycles. The van der Waals surface area contributed by atoms with Crippen LogP contribution in [0.2, 0.25) is 0 Å². The molecule has 18 heavy (non-hydrogen) atoms. The minimum Gasteiger partial charge on any atom is -0.377 e. The Bertz CT molecular complexity index is 197. The Hall–Kier alpha value is -0.0800. The van der Waals surface area contributed by atoms with Gasteiger partial charge in [-0.25, -0.2) is 0 Å². The summed E-state index contributed by atoms with van der Waals surface area (Å²) in [7, 11) is 0. The number of hydrogen-bond acceptors (Lipinski definition) is 2. The summed E-state index contributed by atoms with van der Waals surface area (Å²) in [5.74, 6) is 1.83. The monoisotopic (exact) mass is 255 g/mol. The molecule has 1 N–H and O–H groups in total. The van der Waals surface area contributed by atoms with Crippen molar-refractivity contribution in [2.45, 2.75) is 78.4 Å². The number of rotatable bonds is 8. The van der Waals surface area contributed by atoms with Gasteiger partial charge in [0.05, 0.1) is 12.7 Å². The average Bonchev–Trinajstić information content (AvgIpc) is 2.36. The summed E-state index contributed by atoms with van der Waals surface area (Å²) in [6.45, 7) is 10.7. The first kappa shape index (κ1) is 16.0. The second kappa shape index (κ2) is 8.92. The van der Waals surface area contributed by atoms with Crippen molar-refractivity contribution in [3.05, 3.63) is 0 Å². The van der Waals surface area contributed by atoms with E-state index in [9.17, 15) is 0 Å². The molecule has 1 rings (SSSR count). The van der Waals surface area contributed by atoms with Gasteiger partial charge in [0.15, 0.2) is 0 Å². The Kier molecular flexibility index (Phi) is 7.92. The SMILES string of the molecule is CCCC1CCC(C(COC(C)C)NCC)CC1. The highest BCUT2D eigenvalue weighted by atomic mass is 16.5. The molecule has 1 unspecified atom stereocenters. The third kappa shape index (κ3) is 5.71. The number of nitrogens with one attached hydrogen (secondary N) is 1. The molecular formula is C16H33NO. The lowest BCUT2D eigenvalue weighted by molar-refractivity contribution is 0.0404. The molecule has 0 aromatic rings. The zero-order valence-electron chi connectivity index (χ0n) is 12.9. The smallest absolute Gasteiger partial charge is 0.0625 e. The van der Waals surface area contributed by atoms with Gasteiger partial charge in [-0.1, -0.05) is 39.5 Å². The van der Waals surface area contributed by atoms with Gasteiger partial charge in [0, 0.05) is 6.04 Å². The molecule has 0 amide bonds. The fourth-order valence-electron chi connectivity index (χ4n) is 3.21. The highest BCUT2D eigenvalue weighted by Gasteiger charge is 2.27. The lowest BCUT2D eigenvalue weighted by Crippen LogP contribution is -2.42. The predicted octanol–water partition coefficient (Wildman–Crippen LogP) is 4.00. The van der Waals surface area contributed by atoms with Gasteiger partial charge in [0.1, 0.15) is 0 Å². The van der Waals surface area contributed by atoms with E-state index in [-0.39, 0.29) is 0 Å². The van der Waals surface area contributed by atoms with Gasteiger partial charge in [-0.15, -0.1) is 0 Å². The molecular weight excluding hydrogens is 222 g/mol. The summed E-state index contributed by atoms with van der Waals surface area (Å²) in [4.78, 5) is 0. The van der Waals surface area contributed by atoms with E-state index in [0.29, 0.717) is 12.1 Å². The van der Waals surface area contributed by atoms with Crippen molar-refractivity contribution in [3.63, 3.8) is 0 Å². The molecule has 0 spiro atoms. The van der Waals surface area contributed by atoms with Gasteiger partial charge in [-0.05, 0) is 45.1 Å². The van der Waals surface area contributed by atoms with Gasteiger partial charge in [0.2, 0.25) is 0 Å². The largest absolute Gasteiger partial charge is 0.377 e. The minimum atomic E-state index is 0.350. The van der Waals surface area contributed by atoms with Crippen molar-refractivity contribution in [3.8, 4) is 0 Å². The maximum Gasteiger partial charge on any atom is 0.0625 e. The highest BCUT2D eigenvalue weighted by molar-refractivity contribution is 4.81. The van der Waals surface area contributed by atoms with Crippen LogP contribution >= 0.6 is 0 Å². The second-order valence-electron chi connectivity index (χ2n) is 6.12. The van der Waals surface area contributed by atoms with Gasteiger partial charge < -0.3 is 10.1 Å². The highest BCUT2D eigenvalue weighted by Crippen LogP contribution is 2.33. The third-order valence-corrected chi connectivity index (χ3v) is 4.23. The Morgan fingerprint density at radius 2 is 1.78 bits per heavy atom. The number of ether oxygens (including phenoxy) is 1. The first-order chi connectivity index (χ1) is 8.67. The van der Waals surface area contributed by atoms with Gasteiger partial charge in [0.25, 0.3) is 0 Å². The summed E-state index contributed by atoms with van der Waals surface area (Å²) < 4.78 is 5.82. The van der Waals surface area contributed by atoms with Crippen molar-refractivity contribution >= 4 is 0 Å². The van der Waals surface area contributed by atoms with E-state index in [1.807, 2.05) is 0 Å². The first-order valence-electron chi connectivity index (χ1n) is 8.02. The standard InChI is InChI=1S/C16H33NO/c1-5-7-14-8-10-15(11-9-14)16(17-6-2)12-18-13(3)4/h13-17H,5-12H2,1-4H3. The topological polar surface area (TPSA) is 21.3 Å². The van der Waals surface area contributed by atoms with E-state index in [1.54, 1.807) is 0 Å². The van der Waals surface area contributed by atoms with Crippen LogP contribution in [0.25, 0.3) is 0 Å². The molecule has 1 atom stereocenters. The normalized spacial score (nSPS) is 26.5. The molecule has 0 bridgehead atoms. The lowest BCUT2D eigenvalue weighted by Gasteiger charge is -2.34. The van der Waals surface area contributed by atoms with Gasteiger partial charge >= 0.3 is 0 Å². The third-order valence-electron chi connectivity index (χ3n) is 4.23. The van der Waals surface area contributed by atoms with Crippen molar-refractivity contribution in [2.24, 2.45) is 11.8 Å². The lowest BCUT2D eigenvalue weighted by atomic mass is 9.77. The van der Waals surface area contributed by atoms with Crippen LogP contribution in [0, 0.1) is 11.8 Å². The molecule has 108 valence electrons. The van der Waals surface area contributed by atoms with E-state index >= 15 is 0 Å². The first-order valence-corrected chi connectivity index (χ1v) is 8.02. The zero-order chi connectivity index (χ0) is 13.4. The molecule has 2 nitrogen and oxygen atoms in total.